The Morgan fingerprint density at radius 2 is 2.24 bits per heavy atom. The van der Waals surface area contributed by atoms with Gasteiger partial charge in [-0.3, -0.25) is 0 Å². The molecule has 3 rings (SSSR count). The molecule has 0 saturated carbocycles. The molecular formula is C15H19BrFN7O4S. The number of oxime groups is 1. The number of aromatic nitrogens is 2. The molecule has 14 heteroatoms. The molecule has 29 heavy (non-hydrogen) atoms. The SMILES string of the molecule is NS(=O)(=O)N1CCCCC1CNc1nonc1C(=NO)Nc1ccc(F)c(Br)c1. The van der Waals surface area contributed by atoms with E-state index in [4.69, 9.17) is 9.77 Å². The summed E-state index contributed by atoms with van der Waals surface area (Å²) in [5.41, 5.74) is 0.485. The van der Waals surface area contributed by atoms with Gasteiger partial charge in [-0.15, -0.1) is 0 Å². The molecule has 1 aromatic heterocycles. The number of anilines is 2. The molecule has 11 nitrogen and oxygen atoms in total. The molecule has 2 heterocycles. The third-order valence-electron chi connectivity index (χ3n) is 4.40. The van der Waals surface area contributed by atoms with Crippen LogP contribution in [0.3, 0.4) is 0 Å². The maximum Gasteiger partial charge on any atom is 0.277 e. The molecule has 1 aliphatic heterocycles. The van der Waals surface area contributed by atoms with Crippen molar-refractivity contribution in [3.05, 3.63) is 34.2 Å². The topological polar surface area (TPSA) is 159 Å². The quantitative estimate of drug-likeness (QED) is 0.205. The van der Waals surface area contributed by atoms with Crippen LogP contribution in [0.5, 0.6) is 0 Å². The van der Waals surface area contributed by atoms with Gasteiger partial charge < -0.3 is 15.8 Å². The van der Waals surface area contributed by atoms with Crippen LogP contribution < -0.4 is 15.8 Å². The number of amidine groups is 1. The van der Waals surface area contributed by atoms with E-state index in [1.165, 1.54) is 22.5 Å². The molecule has 5 N–H and O–H groups in total. The first kappa shape index (κ1) is 21.4. The van der Waals surface area contributed by atoms with Crippen LogP contribution in [-0.2, 0) is 10.2 Å². The lowest BCUT2D eigenvalue weighted by Crippen LogP contribution is -2.49. The summed E-state index contributed by atoms with van der Waals surface area (Å²) in [7, 11) is -3.82. The van der Waals surface area contributed by atoms with Crippen molar-refractivity contribution in [1.29, 1.82) is 0 Å². The number of rotatable bonds is 6. The number of nitrogens with one attached hydrogen (secondary N) is 2. The molecule has 1 saturated heterocycles. The van der Waals surface area contributed by atoms with Crippen LogP contribution in [0.2, 0.25) is 0 Å². The summed E-state index contributed by atoms with van der Waals surface area (Å²) < 4.78 is 43.1. The zero-order valence-corrected chi connectivity index (χ0v) is 17.4. The standard InChI is InChI=1S/C15H19BrFN7O4S/c16-11-7-9(4-5-12(11)17)20-15(21-25)13-14(23-28-22-13)19-8-10-3-1-2-6-24(10)29(18,26)27/h4-5,7,10,25H,1-3,6,8H2,(H,19,23)(H,20,21)(H2,18,26,27). The minimum absolute atomic E-state index is 0.0610. The van der Waals surface area contributed by atoms with Crippen molar-refractivity contribution in [2.75, 3.05) is 23.7 Å². The Kier molecular flexibility index (Phi) is 6.66. The van der Waals surface area contributed by atoms with Crippen LogP contribution in [0, 0.1) is 5.82 Å². The number of hydrogen-bond donors (Lipinski definition) is 4. The molecule has 0 bridgehead atoms. The normalized spacial score (nSPS) is 18.6. The molecule has 0 aliphatic carbocycles. The van der Waals surface area contributed by atoms with Crippen LogP contribution in [0.1, 0.15) is 25.0 Å². The number of nitrogens with zero attached hydrogens (tertiary/aromatic N) is 4. The van der Waals surface area contributed by atoms with E-state index in [1.807, 2.05) is 0 Å². The molecule has 158 valence electrons. The zero-order valence-electron chi connectivity index (χ0n) is 15.0. The van der Waals surface area contributed by atoms with Gasteiger partial charge in [0, 0.05) is 24.8 Å². The van der Waals surface area contributed by atoms with Crippen molar-refractivity contribution < 1.29 is 22.6 Å². The Bertz CT molecular complexity index is 1000. The first-order chi connectivity index (χ1) is 13.8. The highest BCUT2D eigenvalue weighted by atomic mass is 79.9. The molecule has 1 atom stereocenters. The van der Waals surface area contributed by atoms with Crippen molar-refractivity contribution in [2.24, 2.45) is 10.3 Å². The van der Waals surface area contributed by atoms with Gasteiger partial charge in [0.2, 0.25) is 11.7 Å². The second-order valence-electron chi connectivity index (χ2n) is 6.35. The van der Waals surface area contributed by atoms with Crippen LogP contribution in [0.25, 0.3) is 0 Å². The average molecular weight is 492 g/mol. The summed E-state index contributed by atoms with van der Waals surface area (Å²) in [4.78, 5) is 0. The van der Waals surface area contributed by atoms with E-state index >= 15 is 0 Å². The Balaban J connectivity index is 1.73. The van der Waals surface area contributed by atoms with Gasteiger partial charge in [0.05, 0.1) is 4.47 Å². The summed E-state index contributed by atoms with van der Waals surface area (Å²) >= 11 is 3.07. The molecule has 0 radical (unpaired) electrons. The molecule has 1 unspecified atom stereocenters. The Morgan fingerprint density at radius 3 is 2.93 bits per heavy atom. The van der Waals surface area contributed by atoms with Gasteiger partial charge in [0.15, 0.2) is 5.69 Å². The van der Waals surface area contributed by atoms with Crippen molar-refractivity contribution in [2.45, 2.75) is 25.3 Å². The summed E-state index contributed by atoms with van der Waals surface area (Å²) in [5.74, 6) is -0.402. The smallest absolute Gasteiger partial charge is 0.277 e. The van der Waals surface area contributed by atoms with Crippen molar-refractivity contribution in [3.63, 3.8) is 0 Å². The first-order valence-electron chi connectivity index (χ1n) is 8.60. The lowest BCUT2D eigenvalue weighted by molar-refractivity contribution is 0.261. The van der Waals surface area contributed by atoms with Gasteiger partial charge >= 0.3 is 0 Å². The van der Waals surface area contributed by atoms with Crippen molar-refractivity contribution >= 4 is 43.5 Å². The minimum Gasteiger partial charge on any atom is -0.409 e. The van der Waals surface area contributed by atoms with Crippen LogP contribution in [0.4, 0.5) is 15.9 Å². The molecule has 0 spiro atoms. The monoisotopic (exact) mass is 491 g/mol. The van der Waals surface area contributed by atoms with Gasteiger partial charge in [-0.2, -0.15) is 12.7 Å². The summed E-state index contributed by atoms with van der Waals surface area (Å²) in [6, 6.07) is 3.76. The van der Waals surface area contributed by atoms with Gasteiger partial charge in [-0.25, -0.2) is 14.2 Å². The van der Waals surface area contributed by atoms with E-state index in [-0.39, 0.29) is 34.4 Å². The Hall–Kier alpha value is -2.29. The first-order valence-corrected chi connectivity index (χ1v) is 10.9. The summed E-state index contributed by atoms with van der Waals surface area (Å²) in [6.07, 6.45) is 2.24. The molecule has 1 aromatic carbocycles. The third-order valence-corrected chi connectivity index (χ3v) is 6.14. The highest BCUT2D eigenvalue weighted by Gasteiger charge is 2.30. The third kappa shape index (κ3) is 5.20. The largest absolute Gasteiger partial charge is 0.409 e. The molecule has 0 amide bonds. The Labute approximate surface area is 174 Å². The second kappa shape index (κ2) is 9.02. The minimum atomic E-state index is -3.82. The second-order valence-corrected chi connectivity index (χ2v) is 8.70. The summed E-state index contributed by atoms with van der Waals surface area (Å²) in [5, 5.41) is 31.0. The zero-order chi connectivity index (χ0) is 21.0. The number of halogens is 2. The number of piperidine rings is 1. The lowest BCUT2D eigenvalue weighted by atomic mass is 10.1. The molecular weight excluding hydrogens is 473 g/mol. The van der Waals surface area contributed by atoms with Crippen molar-refractivity contribution in [1.82, 2.24) is 14.6 Å². The van der Waals surface area contributed by atoms with Crippen LogP contribution in [-0.4, -0.2) is 53.2 Å². The lowest BCUT2D eigenvalue weighted by Gasteiger charge is -2.33. The fraction of sp³-hybridized carbons (Fsp3) is 0.400. The predicted molar refractivity (Wildman–Crippen MR) is 106 cm³/mol. The van der Waals surface area contributed by atoms with Crippen LogP contribution in [0.15, 0.2) is 32.5 Å². The average Bonchev–Trinajstić information content (AvgIpc) is 3.15. The maximum absolute atomic E-state index is 13.4. The van der Waals surface area contributed by atoms with E-state index in [0.717, 1.165) is 12.8 Å². The van der Waals surface area contributed by atoms with E-state index in [9.17, 15) is 18.0 Å². The highest BCUT2D eigenvalue weighted by molar-refractivity contribution is 9.10. The fourth-order valence-electron chi connectivity index (χ4n) is 3.03. The number of hydrogen-bond acceptors (Lipinski definition) is 8. The van der Waals surface area contributed by atoms with E-state index < -0.39 is 16.0 Å². The predicted octanol–water partition coefficient (Wildman–Crippen LogP) is 1.69. The van der Waals surface area contributed by atoms with E-state index in [1.54, 1.807) is 0 Å². The Morgan fingerprint density at radius 1 is 1.45 bits per heavy atom. The van der Waals surface area contributed by atoms with E-state index in [0.29, 0.717) is 18.7 Å². The van der Waals surface area contributed by atoms with E-state index in [2.05, 4.69) is 42.0 Å². The highest BCUT2D eigenvalue weighted by Crippen LogP contribution is 2.23. The summed E-state index contributed by atoms with van der Waals surface area (Å²) in [6.45, 7) is 0.553. The van der Waals surface area contributed by atoms with Gasteiger partial charge in [-0.1, -0.05) is 11.6 Å². The van der Waals surface area contributed by atoms with Crippen LogP contribution >= 0.6 is 15.9 Å². The molecule has 1 aliphatic rings. The van der Waals surface area contributed by atoms with Crippen molar-refractivity contribution in [3.8, 4) is 0 Å². The number of nitrogens with two attached hydrogens (primary N) is 1. The molecule has 1 fully saturated rings. The van der Waals surface area contributed by atoms with Gasteiger partial charge in [-0.05, 0) is 57.3 Å². The van der Waals surface area contributed by atoms with Gasteiger partial charge in [0.1, 0.15) is 5.82 Å². The fourth-order valence-corrected chi connectivity index (χ4v) is 4.39. The van der Waals surface area contributed by atoms with Gasteiger partial charge in [0.25, 0.3) is 10.2 Å². The molecule has 2 aromatic rings. The number of benzene rings is 1. The maximum atomic E-state index is 13.4.